The van der Waals surface area contributed by atoms with Gasteiger partial charge < -0.3 is 15.6 Å². The van der Waals surface area contributed by atoms with Crippen LogP contribution in [0.3, 0.4) is 0 Å². The molecule has 2 aromatic carbocycles. The normalized spacial score (nSPS) is 9.85. The molecular formula is C14H16N4O2. The number of aryl methyl sites for hydroxylation is 1. The van der Waals surface area contributed by atoms with Gasteiger partial charge in [0.25, 0.3) is 0 Å². The van der Waals surface area contributed by atoms with E-state index >= 15 is 0 Å². The molecule has 5 N–H and O–H groups in total. The van der Waals surface area contributed by atoms with Gasteiger partial charge in [-0.05, 0) is 48.9 Å². The van der Waals surface area contributed by atoms with Gasteiger partial charge in [0.15, 0.2) is 11.5 Å². The van der Waals surface area contributed by atoms with Gasteiger partial charge in [-0.2, -0.15) is 0 Å². The largest absolute Gasteiger partial charge is 0.504 e. The first-order chi connectivity index (χ1) is 9.69. The minimum absolute atomic E-state index is 0.124. The van der Waals surface area contributed by atoms with Gasteiger partial charge in [0.1, 0.15) is 5.75 Å². The number of ether oxygens (including phenoxy) is 1. The maximum absolute atomic E-state index is 9.73. The fraction of sp³-hybridized carbons (Fsp3) is 0.0714. The van der Waals surface area contributed by atoms with E-state index in [0.717, 1.165) is 11.3 Å². The summed E-state index contributed by atoms with van der Waals surface area (Å²) in [7, 11) is 0. The number of phenolic OH excluding ortho intramolecular Hbond substituents is 1. The van der Waals surface area contributed by atoms with E-state index in [1.807, 2.05) is 13.0 Å². The second-order valence-electron chi connectivity index (χ2n) is 3.85. The molecule has 0 saturated carbocycles. The van der Waals surface area contributed by atoms with Crippen molar-refractivity contribution in [3.8, 4) is 17.2 Å². The number of hydrogen-bond donors (Lipinski definition) is 4. The summed E-state index contributed by atoms with van der Waals surface area (Å²) in [6, 6.07) is 12.4. The van der Waals surface area contributed by atoms with E-state index in [9.17, 15) is 5.11 Å². The average molecular weight is 272 g/mol. The quantitative estimate of drug-likeness (QED) is 0.387. The van der Waals surface area contributed by atoms with Crippen molar-refractivity contribution in [3.63, 3.8) is 0 Å². The van der Waals surface area contributed by atoms with Crippen LogP contribution in [0.4, 0.5) is 5.69 Å². The standard InChI is InChI=1S/C14H14N2O2.H2N2/c1-10-2-7-14(13(17)8-10)18-12-5-3-11(4-6-12)16-9-15;1-2/h2-9,17H,1H3,(H2,15,16);1-2H. The molecule has 2 aromatic rings. The lowest BCUT2D eigenvalue weighted by atomic mass is 10.2. The molecule has 6 nitrogen and oxygen atoms in total. The Bertz CT molecular complexity index is 582. The first-order valence-corrected chi connectivity index (χ1v) is 5.76. The van der Waals surface area contributed by atoms with Crippen molar-refractivity contribution in [2.24, 2.45) is 10.7 Å². The third-order valence-corrected chi connectivity index (χ3v) is 2.40. The highest BCUT2D eigenvalue weighted by Gasteiger charge is 2.03. The summed E-state index contributed by atoms with van der Waals surface area (Å²) >= 11 is 0. The smallest absolute Gasteiger partial charge is 0.169 e. The summed E-state index contributed by atoms with van der Waals surface area (Å²) in [6.45, 7) is 1.91. The Morgan fingerprint density at radius 2 is 1.80 bits per heavy atom. The van der Waals surface area contributed by atoms with Gasteiger partial charge in [0.2, 0.25) is 0 Å². The molecule has 2 rings (SSSR count). The van der Waals surface area contributed by atoms with Crippen LogP contribution in [-0.2, 0) is 0 Å². The number of aromatic hydroxyl groups is 1. The van der Waals surface area contributed by atoms with Gasteiger partial charge in [-0.15, -0.1) is 0 Å². The lowest BCUT2D eigenvalue weighted by molar-refractivity contribution is 0.411. The van der Waals surface area contributed by atoms with E-state index in [-0.39, 0.29) is 5.75 Å². The molecule has 0 bridgehead atoms. The Morgan fingerprint density at radius 1 is 1.15 bits per heavy atom. The minimum atomic E-state index is 0.124. The molecule has 0 unspecified atom stereocenters. The Morgan fingerprint density at radius 3 is 2.35 bits per heavy atom. The fourth-order valence-corrected chi connectivity index (χ4v) is 1.53. The van der Waals surface area contributed by atoms with E-state index in [1.165, 1.54) is 6.34 Å². The van der Waals surface area contributed by atoms with E-state index in [4.69, 9.17) is 21.5 Å². The number of nitrogens with one attached hydrogen (secondary N) is 2. The van der Waals surface area contributed by atoms with Gasteiger partial charge in [-0.25, -0.2) is 16.1 Å². The van der Waals surface area contributed by atoms with Crippen molar-refractivity contribution in [2.75, 3.05) is 0 Å². The fourth-order valence-electron chi connectivity index (χ4n) is 1.53. The molecule has 0 aliphatic rings. The zero-order valence-corrected chi connectivity index (χ0v) is 11.0. The van der Waals surface area contributed by atoms with Crippen LogP contribution in [0.5, 0.6) is 17.2 Å². The highest BCUT2D eigenvalue weighted by molar-refractivity contribution is 5.59. The van der Waals surface area contributed by atoms with Crippen LogP contribution in [0.15, 0.2) is 47.5 Å². The van der Waals surface area contributed by atoms with Crippen LogP contribution in [0.1, 0.15) is 5.56 Å². The van der Waals surface area contributed by atoms with Crippen molar-refractivity contribution >= 4 is 12.0 Å². The number of aliphatic imine (C=N–C) groups is 1. The van der Waals surface area contributed by atoms with E-state index in [2.05, 4.69) is 4.99 Å². The van der Waals surface area contributed by atoms with Crippen LogP contribution in [-0.4, -0.2) is 11.4 Å². The lowest BCUT2D eigenvalue weighted by Crippen LogP contribution is -1.87. The van der Waals surface area contributed by atoms with Crippen LogP contribution in [0.2, 0.25) is 0 Å². The van der Waals surface area contributed by atoms with Crippen molar-refractivity contribution in [3.05, 3.63) is 48.0 Å². The predicted molar refractivity (Wildman–Crippen MR) is 77.1 cm³/mol. The Labute approximate surface area is 116 Å². The first-order valence-electron chi connectivity index (χ1n) is 5.76. The third kappa shape index (κ3) is 4.09. The van der Waals surface area contributed by atoms with E-state index in [1.54, 1.807) is 36.4 Å². The number of hydrogen-bond acceptors (Lipinski definition) is 5. The molecule has 0 amide bonds. The Kier molecular flexibility index (Phi) is 5.71. The van der Waals surface area contributed by atoms with E-state index in [0.29, 0.717) is 11.5 Å². The number of nitrogens with two attached hydrogens (primary N) is 1. The van der Waals surface area contributed by atoms with Crippen molar-refractivity contribution in [1.29, 1.82) is 11.1 Å². The molecule has 0 radical (unpaired) electrons. The molecule has 20 heavy (non-hydrogen) atoms. The number of rotatable bonds is 3. The molecular weight excluding hydrogens is 256 g/mol. The summed E-state index contributed by atoms with van der Waals surface area (Å²) in [4.78, 5) is 3.93. The molecule has 6 heteroatoms. The van der Waals surface area contributed by atoms with Crippen molar-refractivity contribution in [1.82, 2.24) is 0 Å². The molecule has 0 spiro atoms. The molecule has 0 fully saturated rings. The van der Waals surface area contributed by atoms with Crippen molar-refractivity contribution in [2.45, 2.75) is 6.92 Å². The highest BCUT2D eigenvalue weighted by atomic mass is 16.5. The number of phenols is 1. The summed E-state index contributed by atoms with van der Waals surface area (Å²) in [5.74, 6) is 1.18. The van der Waals surface area contributed by atoms with Crippen LogP contribution in [0, 0.1) is 18.0 Å². The molecule has 0 heterocycles. The summed E-state index contributed by atoms with van der Waals surface area (Å²) in [6.07, 6.45) is 1.24. The maximum atomic E-state index is 9.73. The molecule has 0 saturated heterocycles. The van der Waals surface area contributed by atoms with Gasteiger partial charge in [0.05, 0.1) is 12.0 Å². The Hall–Kier alpha value is -2.89. The maximum Gasteiger partial charge on any atom is 0.169 e. The molecule has 0 aliphatic carbocycles. The topological polar surface area (TPSA) is 116 Å². The Balaban J connectivity index is 0.000000956. The van der Waals surface area contributed by atoms with Gasteiger partial charge in [-0.1, -0.05) is 6.07 Å². The molecule has 0 aliphatic heterocycles. The summed E-state index contributed by atoms with van der Waals surface area (Å²) in [5.41, 5.74) is 16.9. The second kappa shape index (κ2) is 7.52. The third-order valence-electron chi connectivity index (χ3n) is 2.40. The van der Waals surface area contributed by atoms with E-state index < -0.39 is 0 Å². The monoisotopic (exact) mass is 272 g/mol. The van der Waals surface area contributed by atoms with Crippen LogP contribution in [0.25, 0.3) is 0 Å². The van der Waals surface area contributed by atoms with Crippen molar-refractivity contribution < 1.29 is 9.84 Å². The minimum Gasteiger partial charge on any atom is -0.504 e. The van der Waals surface area contributed by atoms with Gasteiger partial charge in [0, 0.05) is 0 Å². The summed E-state index contributed by atoms with van der Waals surface area (Å²) in [5, 5.41) is 9.73. The molecule has 0 atom stereocenters. The highest BCUT2D eigenvalue weighted by Crippen LogP contribution is 2.31. The molecule has 0 aromatic heterocycles. The number of nitrogens with zero attached hydrogens (tertiary/aromatic N) is 1. The SMILES string of the molecule is Cc1ccc(Oc2ccc(N=CN)cc2)c(O)c1.N=N. The van der Waals surface area contributed by atoms with Crippen LogP contribution >= 0.6 is 0 Å². The molecule has 104 valence electrons. The summed E-state index contributed by atoms with van der Waals surface area (Å²) < 4.78 is 5.56. The zero-order valence-electron chi connectivity index (χ0n) is 11.0. The second-order valence-corrected chi connectivity index (χ2v) is 3.85. The lowest BCUT2D eigenvalue weighted by Gasteiger charge is -2.08. The first kappa shape index (κ1) is 15.2. The number of benzene rings is 2. The van der Waals surface area contributed by atoms with Gasteiger partial charge >= 0.3 is 0 Å². The van der Waals surface area contributed by atoms with Crippen LogP contribution < -0.4 is 10.5 Å². The van der Waals surface area contributed by atoms with Gasteiger partial charge in [-0.3, -0.25) is 0 Å². The average Bonchev–Trinajstić information content (AvgIpc) is 2.46. The zero-order chi connectivity index (χ0) is 15.0. The predicted octanol–water partition coefficient (Wildman–Crippen LogP) is 3.71.